The van der Waals surface area contributed by atoms with Gasteiger partial charge in [-0.1, -0.05) is 61.2 Å². The van der Waals surface area contributed by atoms with Gasteiger partial charge in [0.1, 0.15) is 5.60 Å². The molecule has 4 rings (SSSR count). The second-order valence-corrected chi connectivity index (χ2v) is 10.7. The molecular formula is C33H36N4O3. The Kier molecular flexibility index (Phi) is 9.17. The van der Waals surface area contributed by atoms with Crippen molar-refractivity contribution in [1.29, 1.82) is 0 Å². The van der Waals surface area contributed by atoms with Gasteiger partial charge in [-0.2, -0.15) is 0 Å². The highest BCUT2D eigenvalue weighted by molar-refractivity contribution is 5.67. The summed E-state index contributed by atoms with van der Waals surface area (Å²) in [7, 11) is 0. The molecule has 0 bridgehead atoms. The van der Waals surface area contributed by atoms with Crippen molar-refractivity contribution in [1.82, 2.24) is 20.2 Å². The Morgan fingerprint density at radius 3 is 2.12 bits per heavy atom. The van der Waals surface area contributed by atoms with Crippen LogP contribution in [-0.4, -0.2) is 21.2 Å². The van der Waals surface area contributed by atoms with Gasteiger partial charge in [-0.15, -0.1) is 0 Å². The molecule has 40 heavy (non-hydrogen) atoms. The van der Waals surface area contributed by atoms with Gasteiger partial charge in [-0.25, -0.2) is 4.79 Å². The van der Waals surface area contributed by atoms with Crippen LogP contribution < -0.4 is 16.2 Å². The standard InChI is InChI=1S/C33H36N4O3/c1-24(35-20-26-10-12-27(13-11-26)21-36-32(39)40-33(2,3)4)30-18-29(19-34-22-30)17-25-8-14-28(15-9-25)23-37-16-6-5-7-31(37)38/h5-16,18-19,22,35H,1,17,20-21,23H2,2-4H3,(H,36,39). The molecule has 0 unspecified atom stereocenters. The van der Waals surface area contributed by atoms with Crippen molar-refractivity contribution < 1.29 is 9.53 Å². The molecular weight excluding hydrogens is 500 g/mol. The predicted molar refractivity (Wildman–Crippen MR) is 159 cm³/mol. The molecule has 0 saturated heterocycles. The largest absolute Gasteiger partial charge is 0.444 e. The van der Waals surface area contributed by atoms with Crippen molar-refractivity contribution in [3.05, 3.63) is 142 Å². The molecule has 0 atom stereocenters. The van der Waals surface area contributed by atoms with Crippen molar-refractivity contribution in [2.45, 2.75) is 52.4 Å². The Labute approximate surface area is 235 Å². The molecule has 0 saturated carbocycles. The van der Waals surface area contributed by atoms with E-state index >= 15 is 0 Å². The summed E-state index contributed by atoms with van der Waals surface area (Å²) < 4.78 is 6.97. The fourth-order valence-corrected chi connectivity index (χ4v) is 4.11. The number of nitrogens with one attached hydrogen (secondary N) is 2. The summed E-state index contributed by atoms with van der Waals surface area (Å²) >= 11 is 0. The summed E-state index contributed by atoms with van der Waals surface area (Å²) in [4.78, 5) is 28.2. The number of amides is 1. The number of alkyl carbamates (subject to hydrolysis) is 1. The Bertz CT molecular complexity index is 1500. The summed E-state index contributed by atoms with van der Waals surface area (Å²) in [5, 5.41) is 6.16. The molecule has 2 heterocycles. The van der Waals surface area contributed by atoms with E-state index in [-0.39, 0.29) is 5.56 Å². The molecule has 0 fully saturated rings. The summed E-state index contributed by atoms with van der Waals surface area (Å²) in [6.45, 7) is 11.3. The molecule has 0 aliphatic rings. The lowest BCUT2D eigenvalue weighted by Crippen LogP contribution is -2.32. The highest BCUT2D eigenvalue weighted by Crippen LogP contribution is 2.16. The molecule has 206 valence electrons. The monoisotopic (exact) mass is 536 g/mol. The van der Waals surface area contributed by atoms with Crippen molar-refractivity contribution in [2.75, 3.05) is 0 Å². The van der Waals surface area contributed by atoms with Gasteiger partial charge < -0.3 is 19.9 Å². The Balaban J connectivity index is 1.27. The van der Waals surface area contributed by atoms with Crippen molar-refractivity contribution >= 4 is 11.8 Å². The van der Waals surface area contributed by atoms with E-state index in [1.807, 2.05) is 63.5 Å². The molecule has 0 aliphatic carbocycles. The van der Waals surface area contributed by atoms with Crippen LogP contribution in [-0.2, 0) is 30.8 Å². The molecule has 4 aromatic rings. The Morgan fingerprint density at radius 1 is 0.850 bits per heavy atom. The number of hydrogen-bond donors (Lipinski definition) is 2. The number of carbonyl (C=O) groups is 1. The van der Waals surface area contributed by atoms with Crippen LogP contribution in [0.1, 0.15) is 54.2 Å². The predicted octanol–water partition coefficient (Wildman–Crippen LogP) is 5.67. The third kappa shape index (κ3) is 8.70. The molecule has 2 aromatic carbocycles. The van der Waals surface area contributed by atoms with Gasteiger partial charge in [0, 0.05) is 49.0 Å². The quantitative estimate of drug-likeness (QED) is 0.273. The van der Waals surface area contributed by atoms with Crippen molar-refractivity contribution in [2.24, 2.45) is 0 Å². The SMILES string of the molecule is C=C(NCc1ccc(CNC(=O)OC(C)(C)C)cc1)c1cncc(Cc2ccc(Cn3ccccc3=O)cc2)c1. The van der Waals surface area contributed by atoms with E-state index in [0.29, 0.717) is 19.6 Å². The van der Waals surface area contributed by atoms with Gasteiger partial charge >= 0.3 is 6.09 Å². The third-order valence-electron chi connectivity index (χ3n) is 6.19. The molecule has 0 radical (unpaired) electrons. The molecule has 7 heteroatoms. The van der Waals surface area contributed by atoms with E-state index in [4.69, 9.17) is 4.74 Å². The number of carbonyl (C=O) groups excluding carboxylic acids is 1. The maximum Gasteiger partial charge on any atom is 0.407 e. The first kappa shape index (κ1) is 28.4. The van der Waals surface area contributed by atoms with E-state index in [1.165, 1.54) is 5.56 Å². The topological polar surface area (TPSA) is 85.2 Å². The van der Waals surface area contributed by atoms with Crippen LogP contribution in [0.15, 0.2) is 103 Å². The van der Waals surface area contributed by atoms with Gasteiger partial charge in [0.25, 0.3) is 5.56 Å². The lowest BCUT2D eigenvalue weighted by molar-refractivity contribution is 0.0523. The van der Waals surface area contributed by atoms with Crippen LogP contribution in [0.5, 0.6) is 0 Å². The lowest BCUT2D eigenvalue weighted by Gasteiger charge is -2.19. The second kappa shape index (κ2) is 12.9. The molecule has 2 aromatic heterocycles. The zero-order valence-electron chi connectivity index (χ0n) is 23.3. The van der Waals surface area contributed by atoms with E-state index < -0.39 is 11.7 Å². The van der Waals surface area contributed by atoms with Gasteiger partial charge in [0.2, 0.25) is 0 Å². The smallest absolute Gasteiger partial charge is 0.407 e. The number of benzene rings is 2. The maximum atomic E-state index is 12.0. The summed E-state index contributed by atoms with van der Waals surface area (Å²) in [6, 6.07) is 23.6. The second-order valence-electron chi connectivity index (χ2n) is 10.7. The number of hydrogen-bond acceptors (Lipinski definition) is 5. The van der Waals surface area contributed by atoms with Crippen molar-refractivity contribution in [3.63, 3.8) is 0 Å². The Morgan fingerprint density at radius 2 is 1.48 bits per heavy atom. The first-order valence-electron chi connectivity index (χ1n) is 13.3. The number of aromatic nitrogens is 2. The first-order chi connectivity index (χ1) is 19.1. The fourth-order valence-electron chi connectivity index (χ4n) is 4.11. The van der Waals surface area contributed by atoms with E-state index in [2.05, 4.69) is 52.5 Å². The molecule has 2 N–H and O–H groups in total. The zero-order chi connectivity index (χ0) is 28.5. The summed E-state index contributed by atoms with van der Waals surface area (Å²) in [5.41, 5.74) is 6.65. The van der Waals surface area contributed by atoms with E-state index in [0.717, 1.165) is 39.9 Å². The maximum absolute atomic E-state index is 12.0. The average Bonchev–Trinajstić information content (AvgIpc) is 2.93. The van der Waals surface area contributed by atoms with Crippen LogP contribution in [0.2, 0.25) is 0 Å². The minimum absolute atomic E-state index is 0.00656. The Hall–Kier alpha value is -4.65. The minimum atomic E-state index is -0.519. The number of ether oxygens (including phenoxy) is 1. The molecule has 0 aliphatic heterocycles. The summed E-state index contributed by atoms with van der Waals surface area (Å²) in [5.74, 6) is 0. The van der Waals surface area contributed by atoms with Crippen LogP contribution >= 0.6 is 0 Å². The van der Waals surface area contributed by atoms with Crippen LogP contribution in [0, 0.1) is 0 Å². The van der Waals surface area contributed by atoms with Crippen LogP contribution in [0.25, 0.3) is 5.70 Å². The number of pyridine rings is 2. The van der Waals surface area contributed by atoms with E-state index in [1.54, 1.807) is 22.9 Å². The highest BCUT2D eigenvalue weighted by atomic mass is 16.6. The average molecular weight is 537 g/mol. The minimum Gasteiger partial charge on any atom is -0.444 e. The normalized spacial score (nSPS) is 11.1. The van der Waals surface area contributed by atoms with Gasteiger partial charge in [-0.05, 0) is 67.1 Å². The summed E-state index contributed by atoms with van der Waals surface area (Å²) in [6.07, 6.45) is 5.81. The molecule has 7 nitrogen and oxygen atoms in total. The number of rotatable bonds is 10. The zero-order valence-corrected chi connectivity index (χ0v) is 23.3. The molecule has 1 amide bonds. The third-order valence-corrected chi connectivity index (χ3v) is 6.19. The van der Waals surface area contributed by atoms with Crippen molar-refractivity contribution in [3.8, 4) is 0 Å². The lowest BCUT2D eigenvalue weighted by atomic mass is 10.0. The highest BCUT2D eigenvalue weighted by Gasteiger charge is 2.15. The van der Waals surface area contributed by atoms with Crippen LogP contribution in [0.4, 0.5) is 4.79 Å². The van der Waals surface area contributed by atoms with Gasteiger partial charge in [0.15, 0.2) is 0 Å². The van der Waals surface area contributed by atoms with Crippen LogP contribution in [0.3, 0.4) is 0 Å². The number of nitrogens with zero attached hydrogens (tertiary/aromatic N) is 2. The first-order valence-corrected chi connectivity index (χ1v) is 13.3. The molecule has 0 spiro atoms. The van der Waals surface area contributed by atoms with Gasteiger partial charge in [-0.3, -0.25) is 9.78 Å². The fraction of sp³-hybridized carbons (Fsp3) is 0.242. The van der Waals surface area contributed by atoms with Gasteiger partial charge in [0.05, 0.1) is 6.54 Å². The van der Waals surface area contributed by atoms with E-state index in [9.17, 15) is 9.59 Å².